The molecular weight excluding hydrogens is 377 g/mol. The van der Waals surface area contributed by atoms with E-state index in [4.69, 9.17) is 10.5 Å². The highest BCUT2D eigenvalue weighted by Gasteiger charge is 2.37. The number of rotatable bonds is 3. The molecule has 1 aromatic carbocycles. The topological polar surface area (TPSA) is 97.8 Å². The van der Waals surface area contributed by atoms with Gasteiger partial charge in [0, 0.05) is 42.4 Å². The number of pyridine rings is 1. The zero-order valence-electron chi connectivity index (χ0n) is 16.1. The molecule has 3 N–H and O–H groups in total. The van der Waals surface area contributed by atoms with Crippen LogP contribution in [0.4, 0.5) is 10.1 Å². The third-order valence-electron chi connectivity index (χ3n) is 6.47. The molecule has 0 amide bonds. The van der Waals surface area contributed by atoms with Gasteiger partial charge in [-0.25, -0.2) is 9.18 Å². The van der Waals surface area contributed by atoms with Crippen molar-refractivity contribution in [3.8, 4) is 0 Å². The number of halogens is 1. The predicted octanol–water partition coefficient (Wildman–Crippen LogP) is 2.25. The summed E-state index contributed by atoms with van der Waals surface area (Å²) in [5.41, 5.74) is 6.66. The minimum absolute atomic E-state index is 0.114. The van der Waals surface area contributed by atoms with Crippen LogP contribution in [0, 0.1) is 11.7 Å². The first-order chi connectivity index (χ1) is 14.0. The van der Waals surface area contributed by atoms with Gasteiger partial charge in [0.05, 0.1) is 17.8 Å². The summed E-state index contributed by atoms with van der Waals surface area (Å²) in [6.45, 7) is 1.97. The van der Waals surface area contributed by atoms with Crippen LogP contribution in [0.2, 0.25) is 0 Å². The molecule has 1 saturated heterocycles. The van der Waals surface area contributed by atoms with Crippen LogP contribution in [0.25, 0.3) is 10.9 Å². The van der Waals surface area contributed by atoms with Crippen molar-refractivity contribution in [3.05, 3.63) is 39.4 Å². The van der Waals surface area contributed by atoms with Gasteiger partial charge in [0.2, 0.25) is 5.43 Å². The lowest BCUT2D eigenvalue weighted by Gasteiger charge is -2.32. The molecule has 8 heteroatoms. The highest BCUT2D eigenvalue weighted by Crippen LogP contribution is 2.43. The van der Waals surface area contributed by atoms with Crippen LogP contribution in [0.5, 0.6) is 0 Å². The Morgan fingerprint density at radius 1 is 1.31 bits per heavy atom. The van der Waals surface area contributed by atoms with E-state index in [0.717, 1.165) is 25.7 Å². The number of ether oxygens (including phenoxy) is 1. The van der Waals surface area contributed by atoms with Gasteiger partial charge in [-0.2, -0.15) is 0 Å². The molecule has 2 fully saturated rings. The fourth-order valence-electron chi connectivity index (χ4n) is 4.92. The van der Waals surface area contributed by atoms with E-state index in [0.29, 0.717) is 42.4 Å². The minimum atomic E-state index is -1.29. The van der Waals surface area contributed by atoms with Crippen molar-refractivity contribution < 1.29 is 19.0 Å². The molecule has 1 aliphatic carbocycles. The molecule has 1 saturated carbocycles. The van der Waals surface area contributed by atoms with Gasteiger partial charge in [-0.3, -0.25) is 4.79 Å². The Balaban J connectivity index is 1.81. The second-order valence-electron chi connectivity index (χ2n) is 8.38. The SMILES string of the molecule is NC[C@H]1C[C@H]2CCOCc3c(c(F)cc4c(=O)c(C(=O)O)cn(C5CC5)c34)N2C1. The summed E-state index contributed by atoms with van der Waals surface area (Å²) >= 11 is 0. The van der Waals surface area contributed by atoms with Crippen molar-refractivity contribution in [2.75, 3.05) is 24.6 Å². The van der Waals surface area contributed by atoms with Crippen LogP contribution in [0.15, 0.2) is 17.1 Å². The van der Waals surface area contributed by atoms with E-state index in [2.05, 4.69) is 4.90 Å². The first-order valence-corrected chi connectivity index (χ1v) is 10.2. The van der Waals surface area contributed by atoms with Crippen LogP contribution in [-0.2, 0) is 11.3 Å². The van der Waals surface area contributed by atoms with Crippen molar-refractivity contribution in [1.82, 2.24) is 4.57 Å². The number of nitrogens with zero attached hydrogens (tertiary/aromatic N) is 2. The molecule has 5 rings (SSSR count). The Kier molecular flexibility index (Phi) is 4.36. The van der Waals surface area contributed by atoms with Crippen LogP contribution in [0.1, 0.15) is 47.6 Å². The lowest BCUT2D eigenvalue weighted by Crippen LogP contribution is -2.34. The van der Waals surface area contributed by atoms with Crippen LogP contribution in [0.3, 0.4) is 0 Å². The van der Waals surface area contributed by atoms with Gasteiger partial charge in [-0.1, -0.05) is 0 Å². The molecule has 0 spiro atoms. The quantitative estimate of drug-likeness (QED) is 0.819. The number of fused-ring (bicyclic) bond motifs is 5. The molecule has 3 heterocycles. The van der Waals surface area contributed by atoms with Gasteiger partial charge in [-0.15, -0.1) is 0 Å². The van der Waals surface area contributed by atoms with Crippen LogP contribution >= 0.6 is 0 Å². The molecule has 0 radical (unpaired) electrons. The maximum atomic E-state index is 15.4. The van der Waals surface area contributed by atoms with E-state index in [1.807, 2.05) is 4.57 Å². The van der Waals surface area contributed by atoms with Crippen LogP contribution in [-0.4, -0.2) is 41.4 Å². The molecule has 0 bridgehead atoms. The Bertz CT molecular complexity index is 1060. The third-order valence-corrected chi connectivity index (χ3v) is 6.47. The summed E-state index contributed by atoms with van der Waals surface area (Å²) in [5.74, 6) is -1.50. The molecular formula is C21H24FN3O4. The molecule has 2 aliphatic heterocycles. The lowest BCUT2D eigenvalue weighted by atomic mass is 10.0. The fourth-order valence-corrected chi connectivity index (χ4v) is 4.92. The second kappa shape index (κ2) is 6.81. The number of hydrogen-bond donors (Lipinski definition) is 2. The Morgan fingerprint density at radius 3 is 2.79 bits per heavy atom. The van der Waals surface area contributed by atoms with Crippen molar-refractivity contribution in [2.24, 2.45) is 11.7 Å². The number of aromatic nitrogens is 1. The average molecular weight is 401 g/mol. The molecule has 29 heavy (non-hydrogen) atoms. The summed E-state index contributed by atoms with van der Waals surface area (Å²) in [5, 5.41) is 9.58. The van der Waals surface area contributed by atoms with E-state index in [9.17, 15) is 14.7 Å². The van der Waals surface area contributed by atoms with Gasteiger partial charge in [0.1, 0.15) is 11.4 Å². The minimum Gasteiger partial charge on any atom is -0.477 e. The summed E-state index contributed by atoms with van der Waals surface area (Å²) in [7, 11) is 0. The monoisotopic (exact) mass is 401 g/mol. The van der Waals surface area contributed by atoms with Gasteiger partial charge in [0.15, 0.2) is 0 Å². The van der Waals surface area contributed by atoms with Crippen molar-refractivity contribution in [3.63, 3.8) is 0 Å². The standard InChI is InChI=1S/C21H24FN3O4/c22-17-6-14-18(25(12-1-2-12)9-15(20(14)26)21(27)28)16-10-29-4-3-13-5-11(7-23)8-24(13)19(16)17/h6,9,11-13H,1-5,7-8,10,23H2,(H,27,28)/t11-,13-/m1/s1. The van der Waals surface area contributed by atoms with Gasteiger partial charge in [0.25, 0.3) is 0 Å². The number of benzene rings is 1. The second-order valence-corrected chi connectivity index (χ2v) is 8.38. The molecule has 1 aromatic heterocycles. The number of carboxylic acids is 1. The summed E-state index contributed by atoms with van der Waals surface area (Å²) in [6, 6.07) is 1.49. The van der Waals surface area contributed by atoms with Gasteiger partial charge in [-0.05, 0) is 44.2 Å². The maximum absolute atomic E-state index is 15.4. The summed E-state index contributed by atoms with van der Waals surface area (Å²) in [4.78, 5) is 26.5. The van der Waals surface area contributed by atoms with E-state index in [-0.39, 0.29) is 29.6 Å². The summed E-state index contributed by atoms with van der Waals surface area (Å²) < 4.78 is 23.1. The number of anilines is 1. The van der Waals surface area contributed by atoms with Gasteiger partial charge >= 0.3 is 5.97 Å². The van der Waals surface area contributed by atoms with Crippen molar-refractivity contribution in [1.29, 1.82) is 0 Å². The fraction of sp³-hybridized carbons (Fsp3) is 0.524. The molecule has 2 aromatic rings. The third kappa shape index (κ3) is 2.93. The lowest BCUT2D eigenvalue weighted by molar-refractivity contribution is 0.0695. The van der Waals surface area contributed by atoms with E-state index in [1.165, 1.54) is 12.3 Å². The number of carbonyl (C=O) groups is 1. The molecule has 2 atom stereocenters. The number of nitrogens with two attached hydrogens (primary N) is 1. The summed E-state index contributed by atoms with van der Waals surface area (Å²) in [6.07, 6.45) is 4.94. The smallest absolute Gasteiger partial charge is 0.341 e. The van der Waals surface area contributed by atoms with Gasteiger partial charge < -0.3 is 25.0 Å². The average Bonchev–Trinajstić information content (AvgIpc) is 3.44. The zero-order valence-corrected chi connectivity index (χ0v) is 16.1. The van der Waals surface area contributed by atoms with Crippen molar-refractivity contribution in [2.45, 2.75) is 44.4 Å². The first-order valence-electron chi connectivity index (χ1n) is 10.2. The van der Waals surface area contributed by atoms with Crippen molar-refractivity contribution >= 4 is 22.6 Å². The highest BCUT2D eigenvalue weighted by molar-refractivity contribution is 5.95. The molecule has 154 valence electrons. The van der Waals surface area contributed by atoms with E-state index in [1.54, 1.807) is 0 Å². The number of aromatic carboxylic acids is 1. The number of hydrogen-bond acceptors (Lipinski definition) is 5. The molecule has 0 unspecified atom stereocenters. The number of carboxylic acid groups (broad SMARTS) is 1. The van der Waals surface area contributed by atoms with E-state index >= 15 is 4.39 Å². The Labute approximate surface area is 166 Å². The maximum Gasteiger partial charge on any atom is 0.341 e. The normalized spacial score (nSPS) is 24.1. The Hall–Kier alpha value is -2.45. The molecule has 3 aliphatic rings. The highest BCUT2D eigenvalue weighted by atomic mass is 19.1. The largest absolute Gasteiger partial charge is 0.477 e. The molecule has 7 nitrogen and oxygen atoms in total. The van der Waals surface area contributed by atoms with Crippen LogP contribution < -0.4 is 16.1 Å². The first kappa shape index (κ1) is 18.6. The van der Waals surface area contributed by atoms with E-state index < -0.39 is 17.2 Å². The zero-order chi connectivity index (χ0) is 20.3. The Morgan fingerprint density at radius 2 is 2.10 bits per heavy atom. The predicted molar refractivity (Wildman–Crippen MR) is 106 cm³/mol.